The van der Waals surface area contributed by atoms with Crippen LogP contribution < -0.4 is 5.32 Å². The van der Waals surface area contributed by atoms with E-state index in [-0.39, 0.29) is 11.8 Å². The van der Waals surface area contributed by atoms with Crippen LogP contribution >= 0.6 is 0 Å². The Morgan fingerprint density at radius 3 is 2.95 bits per heavy atom. The van der Waals surface area contributed by atoms with E-state index in [2.05, 4.69) is 15.3 Å². The Hall–Kier alpha value is -1.32. The van der Waals surface area contributed by atoms with E-state index < -0.39 is 0 Å². The van der Waals surface area contributed by atoms with E-state index in [1.165, 1.54) is 32.1 Å². The molecule has 19 heavy (non-hydrogen) atoms. The fourth-order valence-electron chi connectivity index (χ4n) is 3.30. The molecule has 4 nitrogen and oxygen atoms in total. The highest BCUT2D eigenvalue weighted by Gasteiger charge is 2.44. The lowest BCUT2D eigenvalue weighted by molar-refractivity contribution is -0.122. The molecule has 104 valence electrons. The largest absolute Gasteiger partial charge is 0.356 e. The van der Waals surface area contributed by atoms with Gasteiger partial charge in [0.1, 0.15) is 0 Å². The molecule has 2 fully saturated rings. The number of hydrogen-bond donors (Lipinski definition) is 2. The minimum absolute atomic E-state index is 0.173. The highest BCUT2D eigenvalue weighted by molar-refractivity contribution is 5.82. The van der Waals surface area contributed by atoms with Crippen molar-refractivity contribution in [3.05, 3.63) is 18.2 Å². The van der Waals surface area contributed by atoms with Crippen LogP contribution in [0.25, 0.3) is 0 Å². The molecule has 2 N–H and O–H groups in total. The number of amides is 1. The monoisotopic (exact) mass is 261 g/mol. The number of carbonyl (C=O) groups excluding carboxylic acids is 1. The molecule has 1 heterocycles. The standard InChI is InChI=1S/C15H23N3O/c19-15(13-8-12(13)14-9-16-10-18-14)17-7-6-11-4-2-1-3-5-11/h9-13H,1-8H2,(H,16,18)(H,17,19). The summed E-state index contributed by atoms with van der Waals surface area (Å²) in [7, 11) is 0. The van der Waals surface area contributed by atoms with Crippen LogP contribution in [-0.2, 0) is 4.79 Å². The number of hydrogen-bond acceptors (Lipinski definition) is 2. The Morgan fingerprint density at radius 1 is 1.37 bits per heavy atom. The van der Waals surface area contributed by atoms with E-state index in [9.17, 15) is 4.79 Å². The van der Waals surface area contributed by atoms with Crippen molar-refractivity contribution in [3.63, 3.8) is 0 Å². The van der Waals surface area contributed by atoms with Crippen molar-refractivity contribution < 1.29 is 4.79 Å². The number of nitrogens with zero attached hydrogens (tertiary/aromatic N) is 1. The van der Waals surface area contributed by atoms with Crippen molar-refractivity contribution in [2.75, 3.05) is 6.54 Å². The molecule has 0 spiro atoms. The smallest absolute Gasteiger partial charge is 0.223 e. The fraction of sp³-hybridized carbons (Fsp3) is 0.733. The lowest BCUT2D eigenvalue weighted by Gasteiger charge is -2.21. The third-order valence-corrected chi connectivity index (χ3v) is 4.62. The topological polar surface area (TPSA) is 57.8 Å². The van der Waals surface area contributed by atoms with Gasteiger partial charge < -0.3 is 10.3 Å². The molecule has 4 heteroatoms. The zero-order valence-electron chi connectivity index (χ0n) is 11.4. The molecule has 0 saturated heterocycles. The van der Waals surface area contributed by atoms with E-state index in [1.807, 2.05) is 6.20 Å². The van der Waals surface area contributed by atoms with Crippen LogP contribution in [0.3, 0.4) is 0 Å². The summed E-state index contributed by atoms with van der Waals surface area (Å²) < 4.78 is 0. The van der Waals surface area contributed by atoms with Gasteiger partial charge in [0.2, 0.25) is 5.91 Å². The zero-order valence-corrected chi connectivity index (χ0v) is 11.4. The third-order valence-electron chi connectivity index (χ3n) is 4.62. The van der Waals surface area contributed by atoms with Crippen molar-refractivity contribution in [2.45, 2.75) is 50.9 Å². The number of H-pyrrole nitrogens is 1. The van der Waals surface area contributed by atoms with Crippen LogP contribution in [0, 0.1) is 11.8 Å². The number of aromatic nitrogens is 2. The molecule has 2 atom stereocenters. The average Bonchev–Trinajstić information content (AvgIpc) is 3.06. The van der Waals surface area contributed by atoms with Crippen LogP contribution in [0.4, 0.5) is 0 Å². The Morgan fingerprint density at radius 2 is 2.21 bits per heavy atom. The van der Waals surface area contributed by atoms with Crippen LogP contribution in [0.1, 0.15) is 56.6 Å². The SMILES string of the molecule is O=C(NCCC1CCCCC1)C1CC1c1cnc[nH]1. The van der Waals surface area contributed by atoms with Gasteiger partial charge in [-0.1, -0.05) is 32.1 Å². The molecule has 1 amide bonds. The Bertz CT molecular complexity index is 409. The molecule has 2 aliphatic rings. The predicted octanol–water partition coefficient (Wildman–Crippen LogP) is 2.60. The van der Waals surface area contributed by atoms with E-state index in [0.29, 0.717) is 5.92 Å². The number of carbonyl (C=O) groups is 1. The van der Waals surface area contributed by atoms with E-state index >= 15 is 0 Å². The highest BCUT2D eigenvalue weighted by Crippen LogP contribution is 2.46. The molecule has 0 aliphatic heterocycles. The quantitative estimate of drug-likeness (QED) is 0.856. The first-order valence-electron chi connectivity index (χ1n) is 7.60. The van der Waals surface area contributed by atoms with Crippen molar-refractivity contribution in [1.82, 2.24) is 15.3 Å². The Balaban J connectivity index is 1.36. The molecular weight excluding hydrogens is 238 g/mol. The summed E-state index contributed by atoms with van der Waals surface area (Å²) in [4.78, 5) is 19.1. The zero-order chi connectivity index (χ0) is 13.1. The Labute approximate surface area is 114 Å². The normalized spacial score (nSPS) is 27.2. The first-order valence-corrected chi connectivity index (χ1v) is 7.60. The third kappa shape index (κ3) is 3.17. The maximum atomic E-state index is 12.0. The highest BCUT2D eigenvalue weighted by atomic mass is 16.2. The molecule has 2 unspecified atom stereocenters. The van der Waals surface area contributed by atoms with E-state index in [4.69, 9.17) is 0 Å². The van der Waals surface area contributed by atoms with Crippen LogP contribution in [0.2, 0.25) is 0 Å². The molecule has 2 saturated carbocycles. The summed E-state index contributed by atoms with van der Waals surface area (Å²) in [6, 6.07) is 0. The molecule has 1 aromatic heterocycles. The van der Waals surface area contributed by atoms with Gasteiger partial charge in [-0.2, -0.15) is 0 Å². The van der Waals surface area contributed by atoms with Gasteiger partial charge in [0.25, 0.3) is 0 Å². The van der Waals surface area contributed by atoms with Crippen molar-refractivity contribution in [1.29, 1.82) is 0 Å². The first kappa shape index (κ1) is 12.7. The van der Waals surface area contributed by atoms with Gasteiger partial charge in [-0.25, -0.2) is 4.98 Å². The second kappa shape index (κ2) is 5.76. The molecule has 2 aliphatic carbocycles. The predicted molar refractivity (Wildman–Crippen MR) is 73.6 cm³/mol. The second-order valence-corrected chi connectivity index (χ2v) is 6.04. The Kier molecular flexibility index (Phi) is 3.85. The number of nitrogens with one attached hydrogen (secondary N) is 2. The van der Waals surface area contributed by atoms with Crippen LogP contribution in [-0.4, -0.2) is 22.4 Å². The summed E-state index contributed by atoms with van der Waals surface area (Å²) in [6.07, 6.45) is 12.5. The van der Waals surface area contributed by atoms with Crippen molar-refractivity contribution in [2.24, 2.45) is 11.8 Å². The maximum Gasteiger partial charge on any atom is 0.223 e. The van der Waals surface area contributed by atoms with Gasteiger partial charge in [-0.15, -0.1) is 0 Å². The average molecular weight is 261 g/mol. The maximum absolute atomic E-state index is 12.0. The van der Waals surface area contributed by atoms with Crippen molar-refractivity contribution in [3.8, 4) is 0 Å². The van der Waals surface area contributed by atoms with Crippen LogP contribution in [0.5, 0.6) is 0 Å². The summed E-state index contributed by atoms with van der Waals surface area (Å²) >= 11 is 0. The number of imidazole rings is 1. The molecule has 1 aromatic rings. The van der Waals surface area contributed by atoms with Gasteiger partial charge in [-0.3, -0.25) is 4.79 Å². The summed E-state index contributed by atoms with van der Waals surface area (Å²) in [6.45, 7) is 0.857. The lowest BCUT2D eigenvalue weighted by Crippen LogP contribution is -2.28. The van der Waals surface area contributed by atoms with Gasteiger partial charge in [0, 0.05) is 30.3 Å². The summed E-state index contributed by atoms with van der Waals surface area (Å²) in [5.41, 5.74) is 1.10. The molecule has 3 rings (SSSR count). The van der Waals surface area contributed by atoms with E-state index in [1.54, 1.807) is 6.33 Å². The van der Waals surface area contributed by atoms with E-state index in [0.717, 1.165) is 31.0 Å². The minimum Gasteiger partial charge on any atom is -0.356 e. The summed E-state index contributed by atoms with van der Waals surface area (Å²) in [5.74, 6) is 1.62. The van der Waals surface area contributed by atoms with Gasteiger partial charge in [0.15, 0.2) is 0 Å². The van der Waals surface area contributed by atoms with Gasteiger partial charge in [0.05, 0.1) is 6.33 Å². The van der Waals surface area contributed by atoms with Gasteiger partial charge in [-0.05, 0) is 18.8 Å². The fourth-order valence-corrected chi connectivity index (χ4v) is 3.30. The van der Waals surface area contributed by atoms with Crippen molar-refractivity contribution >= 4 is 5.91 Å². The number of aromatic amines is 1. The lowest BCUT2D eigenvalue weighted by atomic mass is 9.87. The first-order chi connectivity index (χ1) is 9.34. The summed E-state index contributed by atoms with van der Waals surface area (Å²) in [5, 5.41) is 3.11. The van der Waals surface area contributed by atoms with Gasteiger partial charge >= 0.3 is 0 Å². The second-order valence-electron chi connectivity index (χ2n) is 6.04. The number of rotatable bonds is 5. The molecule has 0 radical (unpaired) electrons. The molecule has 0 aromatic carbocycles. The van der Waals surface area contributed by atoms with Crippen LogP contribution in [0.15, 0.2) is 12.5 Å². The molecular formula is C15H23N3O. The minimum atomic E-state index is 0.173. The molecule has 0 bridgehead atoms.